The highest BCUT2D eigenvalue weighted by atomic mass is 32.2. The Hall–Kier alpha value is -3.63. The molecule has 5 amide bonds. The Balaban J connectivity index is 1.47. The molecule has 16 heteroatoms. The third kappa shape index (κ3) is 11.7. The van der Waals surface area contributed by atoms with E-state index in [9.17, 15) is 28.8 Å². The standard InChI is InChI=1S/C37H52N6O7S3/c1-8-13-24(28(45)31(47)39-21-26(44)41-27(32-38-16-19-51-32)23-14-10-9-11-15-23)40-30(46)25-20-37(52-17-12-18-53-37)22-43(25)33(48)29(35(2,3)4)42-34(49)50-36(5,6)7/h9-11,14-16,19,24-25,27,29H,8,12-13,17-18,20-22H2,1-7H3,(H,39,47)(H,40,46)(H,41,44)(H,42,49)/t24?,25-,27?,29+/m0/s1. The molecule has 53 heavy (non-hydrogen) atoms. The fourth-order valence-electron chi connectivity index (χ4n) is 6.12. The lowest BCUT2D eigenvalue weighted by atomic mass is 9.85. The predicted molar refractivity (Wildman–Crippen MR) is 208 cm³/mol. The number of aromatic nitrogens is 1. The molecule has 4 atom stereocenters. The fraction of sp³-hybridized carbons (Fsp3) is 0.595. The number of benzene rings is 1. The van der Waals surface area contributed by atoms with Crippen molar-refractivity contribution >= 4 is 70.4 Å². The molecule has 3 heterocycles. The van der Waals surface area contributed by atoms with Crippen molar-refractivity contribution in [1.29, 1.82) is 0 Å². The lowest BCUT2D eigenvalue weighted by molar-refractivity contribution is -0.144. The van der Waals surface area contributed by atoms with Gasteiger partial charge in [0.15, 0.2) is 0 Å². The van der Waals surface area contributed by atoms with Gasteiger partial charge in [0, 0.05) is 24.5 Å². The van der Waals surface area contributed by atoms with Crippen LogP contribution in [0.15, 0.2) is 41.9 Å². The molecule has 2 aliphatic rings. The average molecular weight is 789 g/mol. The Morgan fingerprint density at radius 2 is 1.66 bits per heavy atom. The molecular formula is C37H52N6O7S3. The van der Waals surface area contributed by atoms with Crippen molar-refractivity contribution < 1.29 is 33.5 Å². The number of nitrogens with zero attached hydrogens (tertiary/aromatic N) is 2. The molecule has 2 aromatic rings. The second-order valence-corrected chi connectivity index (χ2v) is 19.4. The summed E-state index contributed by atoms with van der Waals surface area (Å²) >= 11 is 4.80. The molecule has 4 rings (SSSR count). The molecule has 2 fully saturated rings. The number of rotatable bonds is 13. The third-order valence-electron chi connectivity index (χ3n) is 8.65. The summed E-state index contributed by atoms with van der Waals surface area (Å²) in [7, 11) is 0. The van der Waals surface area contributed by atoms with Crippen molar-refractivity contribution in [3.63, 3.8) is 0 Å². The Labute approximate surface area is 324 Å². The van der Waals surface area contributed by atoms with Gasteiger partial charge in [-0.2, -0.15) is 0 Å². The van der Waals surface area contributed by atoms with E-state index in [1.165, 1.54) is 16.2 Å². The summed E-state index contributed by atoms with van der Waals surface area (Å²) in [6.45, 7) is 12.3. The van der Waals surface area contributed by atoms with Crippen LogP contribution in [0.1, 0.15) is 90.8 Å². The van der Waals surface area contributed by atoms with Crippen LogP contribution in [0.2, 0.25) is 0 Å². The number of thioether (sulfide) groups is 2. The first-order valence-corrected chi connectivity index (χ1v) is 20.7. The Bertz CT molecular complexity index is 1600. The summed E-state index contributed by atoms with van der Waals surface area (Å²) in [5.74, 6) is -1.65. The van der Waals surface area contributed by atoms with E-state index in [0.29, 0.717) is 17.8 Å². The minimum Gasteiger partial charge on any atom is -0.444 e. The van der Waals surface area contributed by atoms with Crippen molar-refractivity contribution in [2.75, 3.05) is 24.6 Å². The molecule has 1 aromatic carbocycles. The molecule has 2 saturated heterocycles. The van der Waals surface area contributed by atoms with Crippen LogP contribution in [-0.4, -0.2) is 97.8 Å². The molecule has 1 spiro atoms. The van der Waals surface area contributed by atoms with Crippen LogP contribution in [0.4, 0.5) is 4.79 Å². The van der Waals surface area contributed by atoms with Gasteiger partial charge in [0.1, 0.15) is 28.7 Å². The molecule has 2 unspecified atom stereocenters. The summed E-state index contributed by atoms with van der Waals surface area (Å²) in [5.41, 5.74) is -0.706. The van der Waals surface area contributed by atoms with Gasteiger partial charge in [0.05, 0.1) is 16.7 Å². The van der Waals surface area contributed by atoms with Gasteiger partial charge in [0.25, 0.3) is 5.91 Å². The van der Waals surface area contributed by atoms with Crippen molar-refractivity contribution in [3.05, 3.63) is 52.5 Å². The first-order valence-electron chi connectivity index (χ1n) is 17.9. The number of hydrogen-bond acceptors (Lipinski definition) is 11. The number of carbonyl (C=O) groups excluding carboxylic acids is 6. The number of ketones is 1. The summed E-state index contributed by atoms with van der Waals surface area (Å²) in [6, 6.07) is 5.60. The van der Waals surface area contributed by atoms with Crippen molar-refractivity contribution in [2.24, 2.45) is 5.41 Å². The number of Topliss-reactive ketones (excluding diaryl/α,β-unsaturated/α-hetero) is 1. The minimum absolute atomic E-state index is 0.171. The van der Waals surface area contributed by atoms with E-state index in [4.69, 9.17) is 4.74 Å². The van der Waals surface area contributed by atoms with Gasteiger partial charge < -0.3 is 30.9 Å². The van der Waals surface area contributed by atoms with Gasteiger partial charge in [-0.15, -0.1) is 34.9 Å². The lowest BCUT2D eigenvalue weighted by Crippen LogP contribution is -2.59. The minimum atomic E-state index is -1.18. The molecule has 13 nitrogen and oxygen atoms in total. The van der Waals surface area contributed by atoms with Gasteiger partial charge in [0.2, 0.25) is 23.5 Å². The predicted octanol–water partition coefficient (Wildman–Crippen LogP) is 4.43. The Morgan fingerprint density at radius 1 is 0.981 bits per heavy atom. The Kier molecular flexibility index (Phi) is 14.4. The highest BCUT2D eigenvalue weighted by Crippen LogP contribution is 2.50. The highest BCUT2D eigenvalue weighted by Gasteiger charge is 2.53. The number of nitrogens with one attached hydrogen (secondary N) is 4. The smallest absolute Gasteiger partial charge is 0.408 e. The van der Waals surface area contributed by atoms with Gasteiger partial charge in [-0.1, -0.05) is 64.4 Å². The SMILES string of the molecule is CCCC(NC(=O)[C@@H]1CC2(CN1C(=O)[C@@H](NC(=O)OC(C)(C)C)C(C)(C)C)SCCCS2)C(=O)C(=O)NCC(=O)NC(c1ccccc1)c1nccs1. The number of hydrogen-bond donors (Lipinski definition) is 4. The van der Waals surface area contributed by atoms with Crippen LogP contribution in [0.3, 0.4) is 0 Å². The van der Waals surface area contributed by atoms with Crippen LogP contribution < -0.4 is 21.3 Å². The van der Waals surface area contributed by atoms with E-state index in [1.807, 2.05) is 58.0 Å². The van der Waals surface area contributed by atoms with E-state index in [1.54, 1.807) is 55.9 Å². The topological polar surface area (TPSA) is 176 Å². The molecule has 0 saturated carbocycles. The van der Waals surface area contributed by atoms with Gasteiger partial charge >= 0.3 is 6.09 Å². The third-order valence-corrected chi connectivity index (χ3v) is 12.8. The van der Waals surface area contributed by atoms with E-state index in [2.05, 4.69) is 26.3 Å². The zero-order valence-corrected chi connectivity index (χ0v) is 33.9. The molecule has 1 aromatic heterocycles. The number of thiazole rings is 1. The molecule has 0 radical (unpaired) electrons. The second-order valence-electron chi connectivity index (χ2n) is 15.3. The number of likely N-dealkylation sites (tertiary alicyclic amines) is 1. The maximum Gasteiger partial charge on any atom is 0.408 e. The summed E-state index contributed by atoms with van der Waals surface area (Å²) in [5, 5.41) is 13.3. The lowest BCUT2D eigenvalue weighted by Gasteiger charge is -2.36. The van der Waals surface area contributed by atoms with Crippen molar-refractivity contribution in [1.82, 2.24) is 31.2 Å². The van der Waals surface area contributed by atoms with E-state index in [0.717, 1.165) is 23.5 Å². The number of carbonyl (C=O) groups is 6. The molecular weight excluding hydrogens is 737 g/mol. The molecule has 4 N–H and O–H groups in total. The highest BCUT2D eigenvalue weighted by molar-refractivity contribution is 8.18. The van der Waals surface area contributed by atoms with Crippen LogP contribution in [0.25, 0.3) is 0 Å². The molecule has 0 aliphatic carbocycles. The second kappa shape index (κ2) is 18.1. The van der Waals surface area contributed by atoms with E-state index >= 15 is 0 Å². The normalized spacial score (nSPS) is 18.7. The molecule has 2 aliphatic heterocycles. The van der Waals surface area contributed by atoms with Crippen LogP contribution in [0.5, 0.6) is 0 Å². The van der Waals surface area contributed by atoms with Gasteiger partial charge in [-0.05, 0) is 56.1 Å². The summed E-state index contributed by atoms with van der Waals surface area (Å²) in [4.78, 5) is 86.8. The fourth-order valence-corrected chi connectivity index (χ4v) is 10.2. The molecule has 290 valence electrons. The van der Waals surface area contributed by atoms with Crippen molar-refractivity contribution in [2.45, 2.75) is 108 Å². The average Bonchev–Trinajstić information content (AvgIpc) is 3.76. The zero-order chi connectivity index (χ0) is 39.0. The Morgan fingerprint density at radius 3 is 2.25 bits per heavy atom. The summed E-state index contributed by atoms with van der Waals surface area (Å²) in [6.07, 6.45) is 2.89. The zero-order valence-electron chi connectivity index (χ0n) is 31.5. The first-order chi connectivity index (χ1) is 24.9. The quantitative estimate of drug-likeness (QED) is 0.213. The maximum atomic E-state index is 14.4. The van der Waals surface area contributed by atoms with Crippen molar-refractivity contribution in [3.8, 4) is 0 Å². The number of amides is 5. The largest absolute Gasteiger partial charge is 0.444 e. The first kappa shape index (κ1) is 42.1. The maximum absolute atomic E-state index is 14.4. The molecule has 0 bridgehead atoms. The van der Waals surface area contributed by atoms with E-state index in [-0.39, 0.29) is 13.0 Å². The monoisotopic (exact) mass is 788 g/mol. The van der Waals surface area contributed by atoms with Gasteiger partial charge in [-0.3, -0.25) is 24.0 Å². The van der Waals surface area contributed by atoms with Crippen LogP contribution in [-0.2, 0) is 28.7 Å². The van der Waals surface area contributed by atoms with E-state index < -0.39 is 81.3 Å². The summed E-state index contributed by atoms with van der Waals surface area (Å²) < 4.78 is 5.03. The van der Waals surface area contributed by atoms with Crippen LogP contribution in [0, 0.1) is 5.41 Å². The number of ether oxygens (including phenoxy) is 1. The number of alkyl carbamates (subject to hydrolysis) is 1. The van der Waals surface area contributed by atoms with Gasteiger partial charge in [-0.25, -0.2) is 9.78 Å². The van der Waals surface area contributed by atoms with Crippen LogP contribution >= 0.6 is 34.9 Å².